The fraction of sp³-hybridized carbons (Fsp3) is 0.611. The Labute approximate surface area is 142 Å². The van der Waals surface area contributed by atoms with E-state index in [1.54, 1.807) is 0 Å². The number of aliphatic hydroxyl groups excluding tert-OH is 1. The average molecular weight is 333 g/mol. The van der Waals surface area contributed by atoms with Crippen LogP contribution in [0, 0.1) is 0 Å². The van der Waals surface area contributed by atoms with Crippen molar-refractivity contribution >= 4 is 11.0 Å². The number of likely N-dealkylation sites (tertiary alicyclic amines) is 1. The number of aromatic nitrogens is 2. The van der Waals surface area contributed by atoms with Crippen LogP contribution in [0.25, 0.3) is 11.0 Å². The zero-order chi connectivity index (χ0) is 17.1. The van der Waals surface area contributed by atoms with E-state index in [9.17, 15) is 9.90 Å². The topological polar surface area (TPSA) is 70.5 Å². The summed E-state index contributed by atoms with van der Waals surface area (Å²) in [6, 6.07) is 8.05. The maximum absolute atomic E-state index is 12.3. The van der Waals surface area contributed by atoms with Crippen LogP contribution in [0.5, 0.6) is 0 Å². The number of rotatable bonds is 6. The molecule has 2 N–H and O–H groups in total. The van der Waals surface area contributed by atoms with Crippen LogP contribution in [0.4, 0.5) is 0 Å². The van der Waals surface area contributed by atoms with E-state index in [2.05, 4.69) is 9.88 Å². The van der Waals surface area contributed by atoms with Crippen molar-refractivity contribution in [3.05, 3.63) is 34.7 Å². The highest BCUT2D eigenvalue weighted by Crippen LogP contribution is 2.24. The quantitative estimate of drug-likeness (QED) is 0.845. The first kappa shape index (κ1) is 17.2. The van der Waals surface area contributed by atoms with Crippen LogP contribution in [0.1, 0.15) is 32.7 Å². The van der Waals surface area contributed by atoms with Gasteiger partial charge in [0, 0.05) is 25.7 Å². The molecular weight excluding hydrogens is 306 g/mol. The van der Waals surface area contributed by atoms with Gasteiger partial charge in [-0.3, -0.25) is 4.57 Å². The Hall–Kier alpha value is -1.63. The van der Waals surface area contributed by atoms with Crippen LogP contribution in [0.2, 0.25) is 0 Å². The van der Waals surface area contributed by atoms with Gasteiger partial charge in [0.2, 0.25) is 0 Å². The van der Waals surface area contributed by atoms with Gasteiger partial charge < -0.3 is 19.7 Å². The monoisotopic (exact) mass is 333 g/mol. The lowest BCUT2D eigenvalue weighted by Crippen LogP contribution is -2.42. The normalized spacial score (nSPS) is 18.5. The molecule has 1 atom stereocenters. The highest BCUT2D eigenvalue weighted by Gasteiger charge is 2.24. The van der Waals surface area contributed by atoms with Crippen molar-refractivity contribution in [2.45, 2.75) is 44.9 Å². The lowest BCUT2D eigenvalue weighted by atomic mass is 10.0. The molecule has 0 amide bonds. The number of para-hydroxylation sites is 2. The van der Waals surface area contributed by atoms with Crippen molar-refractivity contribution in [2.75, 3.05) is 26.2 Å². The van der Waals surface area contributed by atoms with Gasteiger partial charge in [-0.2, -0.15) is 0 Å². The lowest BCUT2D eigenvalue weighted by molar-refractivity contribution is -0.0121. The third kappa shape index (κ3) is 3.88. The average Bonchev–Trinajstić information content (AvgIpc) is 2.89. The van der Waals surface area contributed by atoms with Crippen LogP contribution in [-0.2, 0) is 4.74 Å². The number of β-amino-alcohol motifs (C(OH)–C–C–N with tert-alkyl or cyclic N) is 1. The van der Waals surface area contributed by atoms with E-state index in [1.165, 1.54) is 0 Å². The largest absolute Gasteiger partial charge is 0.389 e. The van der Waals surface area contributed by atoms with Gasteiger partial charge in [-0.15, -0.1) is 0 Å². The smallest absolute Gasteiger partial charge is 0.326 e. The number of hydrogen-bond donors (Lipinski definition) is 2. The molecule has 0 radical (unpaired) electrons. The molecule has 24 heavy (non-hydrogen) atoms. The molecule has 2 aromatic rings. The zero-order valence-electron chi connectivity index (χ0n) is 14.4. The van der Waals surface area contributed by atoms with E-state index in [0.29, 0.717) is 13.2 Å². The summed E-state index contributed by atoms with van der Waals surface area (Å²) in [6.45, 7) is 6.71. The highest BCUT2D eigenvalue weighted by atomic mass is 16.5. The Morgan fingerprint density at radius 1 is 1.29 bits per heavy atom. The molecule has 1 aliphatic rings. The Morgan fingerprint density at radius 3 is 2.71 bits per heavy atom. The van der Waals surface area contributed by atoms with Gasteiger partial charge >= 0.3 is 5.69 Å². The van der Waals surface area contributed by atoms with Gasteiger partial charge in [0.15, 0.2) is 0 Å². The predicted octanol–water partition coefficient (Wildman–Crippen LogP) is 1.75. The molecule has 3 rings (SSSR count). The number of hydrogen-bond acceptors (Lipinski definition) is 4. The van der Waals surface area contributed by atoms with Gasteiger partial charge in [0.1, 0.15) is 0 Å². The van der Waals surface area contributed by atoms with Gasteiger partial charge in [-0.1, -0.05) is 12.1 Å². The second kappa shape index (κ2) is 7.51. The van der Waals surface area contributed by atoms with Crippen molar-refractivity contribution in [1.82, 2.24) is 14.5 Å². The summed E-state index contributed by atoms with van der Waals surface area (Å²) >= 11 is 0. The van der Waals surface area contributed by atoms with E-state index >= 15 is 0 Å². The number of ether oxygens (including phenoxy) is 1. The summed E-state index contributed by atoms with van der Waals surface area (Å²) in [4.78, 5) is 17.5. The standard InChI is InChI=1S/C18H27N3O3/c1-13(2)24-12-15(22)11-20-9-7-14(8-10-20)21-17-6-4-3-5-16(17)19-18(21)23/h3-6,13-15,22H,7-12H2,1-2H3,(H,19,23)/t15-/m0/s1. The Kier molecular flexibility index (Phi) is 5.38. The minimum absolute atomic E-state index is 0.0278. The molecule has 2 heterocycles. The molecule has 0 aliphatic carbocycles. The molecule has 1 aliphatic heterocycles. The van der Waals surface area contributed by atoms with Crippen LogP contribution >= 0.6 is 0 Å². The fourth-order valence-corrected chi connectivity index (χ4v) is 3.45. The van der Waals surface area contributed by atoms with Gasteiger partial charge in [0.25, 0.3) is 0 Å². The zero-order valence-corrected chi connectivity index (χ0v) is 14.4. The Morgan fingerprint density at radius 2 is 2.00 bits per heavy atom. The van der Waals surface area contributed by atoms with Crippen molar-refractivity contribution in [3.8, 4) is 0 Å². The van der Waals surface area contributed by atoms with Crippen molar-refractivity contribution in [3.63, 3.8) is 0 Å². The third-order valence-electron chi connectivity index (χ3n) is 4.64. The summed E-state index contributed by atoms with van der Waals surface area (Å²) in [7, 11) is 0. The molecule has 6 heteroatoms. The molecule has 6 nitrogen and oxygen atoms in total. The van der Waals surface area contributed by atoms with E-state index in [1.807, 2.05) is 42.7 Å². The minimum atomic E-state index is -0.459. The molecule has 0 unspecified atom stereocenters. The number of piperidine rings is 1. The Bertz CT molecular complexity index is 714. The first-order valence-corrected chi connectivity index (χ1v) is 8.76. The fourth-order valence-electron chi connectivity index (χ4n) is 3.45. The van der Waals surface area contributed by atoms with Crippen LogP contribution < -0.4 is 5.69 Å². The number of benzene rings is 1. The summed E-state index contributed by atoms with van der Waals surface area (Å²) in [5, 5.41) is 10.1. The summed E-state index contributed by atoms with van der Waals surface area (Å²) in [5.74, 6) is 0. The number of H-pyrrole nitrogens is 1. The van der Waals surface area contributed by atoms with Crippen molar-refractivity contribution < 1.29 is 9.84 Å². The van der Waals surface area contributed by atoms with Crippen LogP contribution in [-0.4, -0.2) is 58.0 Å². The molecule has 1 aromatic carbocycles. The number of imidazole rings is 1. The lowest BCUT2D eigenvalue weighted by Gasteiger charge is -2.33. The summed E-state index contributed by atoms with van der Waals surface area (Å²) in [5.41, 5.74) is 1.84. The molecule has 0 spiro atoms. The van der Waals surface area contributed by atoms with Crippen LogP contribution in [0.15, 0.2) is 29.1 Å². The van der Waals surface area contributed by atoms with Gasteiger partial charge in [0.05, 0.1) is 29.8 Å². The van der Waals surface area contributed by atoms with Crippen LogP contribution in [0.3, 0.4) is 0 Å². The first-order valence-electron chi connectivity index (χ1n) is 8.76. The number of nitrogens with one attached hydrogen (secondary N) is 1. The second-order valence-electron chi connectivity index (χ2n) is 6.88. The number of aliphatic hydroxyl groups is 1. The van der Waals surface area contributed by atoms with Crippen molar-refractivity contribution in [2.24, 2.45) is 0 Å². The maximum atomic E-state index is 12.3. The second-order valence-corrected chi connectivity index (χ2v) is 6.88. The van der Waals surface area contributed by atoms with Gasteiger partial charge in [-0.05, 0) is 38.8 Å². The number of nitrogens with zero attached hydrogens (tertiary/aromatic N) is 2. The third-order valence-corrected chi connectivity index (χ3v) is 4.64. The highest BCUT2D eigenvalue weighted by molar-refractivity contribution is 5.75. The SMILES string of the molecule is CC(C)OC[C@@H](O)CN1CCC(n2c(=O)[nH]c3ccccc32)CC1. The van der Waals surface area contributed by atoms with Gasteiger partial charge in [-0.25, -0.2) is 4.79 Å². The minimum Gasteiger partial charge on any atom is -0.389 e. The molecule has 0 bridgehead atoms. The molecular formula is C18H27N3O3. The molecule has 1 aromatic heterocycles. The summed E-state index contributed by atoms with van der Waals surface area (Å²) in [6.07, 6.45) is 1.51. The molecule has 0 saturated carbocycles. The molecule has 1 saturated heterocycles. The maximum Gasteiger partial charge on any atom is 0.326 e. The van der Waals surface area contributed by atoms with E-state index < -0.39 is 6.10 Å². The summed E-state index contributed by atoms with van der Waals surface area (Å²) < 4.78 is 7.36. The molecule has 132 valence electrons. The molecule has 1 fully saturated rings. The predicted molar refractivity (Wildman–Crippen MR) is 94.4 cm³/mol. The van der Waals surface area contributed by atoms with E-state index in [-0.39, 0.29) is 17.8 Å². The van der Waals surface area contributed by atoms with Crippen molar-refractivity contribution in [1.29, 1.82) is 0 Å². The Balaban J connectivity index is 1.59. The van der Waals surface area contributed by atoms with E-state index in [0.717, 1.165) is 37.0 Å². The number of fused-ring (bicyclic) bond motifs is 1. The first-order chi connectivity index (χ1) is 11.5. The number of aromatic amines is 1. The van der Waals surface area contributed by atoms with E-state index in [4.69, 9.17) is 4.74 Å².